The number of hydrogen-bond acceptors (Lipinski definition) is 3. The average Bonchev–Trinajstić information content (AvgIpc) is 2.84. The Morgan fingerprint density at radius 3 is 0.321 bits per heavy atom. The Hall–Kier alpha value is -1.07. The molecule has 0 spiro atoms. The van der Waals surface area contributed by atoms with Crippen molar-refractivity contribution in [2.24, 2.45) is 0 Å². The van der Waals surface area contributed by atoms with Crippen molar-refractivity contribution in [3.05, 3.63) is 59.9 Å². The van der Waals surface area contributed by atoms with Gasteiger partial charge >= 0.3 is 121 Å². The van der Waals surface area contributed by atoms with E-state index < -0.39 is 0 Å². The largest absolute Gasteiger partial charge is 2.00 e. The Morgan fingerprint density at radius 1 is 0.321 bits per heavy atom. The van der Waals surface area contributed by atoms with E-state index in [0.717, 1.165) is 0 Å². The summed E-state index contributed by atoms with van der Waals surface area (Å²) in [7, 11) is 0. The average molecular weight is 663 g/mol. The van der Waals surface area contributed by atoms with E-state index in [2.05, 4.69) is 80.2 Å². The van der Waals surface area contributed by atoms with Gasteiger partial charge < -0.3 is 14.4 Å². The molecule has 0 atom stereocenters. The third-order valence-electron chi connectivity index (χ3n) is 0. The van der Waals surface area contributed by atoms with E-state index in [1.165, 1.54) is 0 Å². The van der Waals surface area contributed by atoms with Crippen LogP contribution in [0.3, 0.4) is 0 Å². The molecule has 0 aliphatic rings. The summed E-state index contributed by atoms with van der Waals surface area (Å²) in [6.07, 6.45) is 0. The third-order valence-corrected chi connectivity index (χ3v) is 0. The fraction of sp³-hybridized carbons (Fsp3) is 0. The van der Waals surface area contributed by atoms with Crippen LogP contribution in [0.15, 0.2) is 0 Å². The van der Waals surface area contributed by atoms with E-state index in [4.69, 9.17) is 56.3 Å². The molecule has 0 aromatic rings. The maximum atomic E-state index is 7.75. The van der Waals surface area contributed by atoms with Gasteiger partial charge in [0.1, 0.15) is 0 Å². The van der Waals surface area contributed by atoms with Gasteiger partial charge in [0, 0.05) is 53.0 Å². The fourth-order valence-electron chi connectivity index (χ4n) is 0. The van der Waals surface area contributed by atoms with E-state index in [-0.39, 0.29) is 72.5 Å². The Balaban J connectivity index is -0.00000000396. The zero-order chi connectivity index (χ0) is 24.0. The van der Waals surface area contributed by atoms with Gasteiger partial charge in [-0.05, 0) is 0 Å². The van der Waals surface area contributed by atoms with Crippen LogP contribution in [0, 0.1) is 59.9 Å². The molecule has 0 saturated carbocycles. The molecule has 160 valence electrons. The normalized spacial score (nSPS) is 1.07. The van der Waals surface area contributed by atoms with Gasteiger partial charge in [-0.15, -0.1) is 0 Å². The molecular formula is C12H3Co2O12Rh2-. The molecular weight excluding hydrogens is 660 g/mol. The van der Waals surface area contributed by atoms with Crippen molar-refractivity contribution in [2.75, 3.05) is 0 Å². The summed E-state index contributed by atoms with van der Waals surface area (Å²) in [5.41, 5.74) is 0. The summed E-state index contributed by atoms with van der Waals surface area (Å²) in [6.45, 7) is 50.2. The molecule has 0 unspecified atom stereocenters. The molecule has 4 radical (unpaired) electrons. The van der Waals surface area contributed by atoms with Crippen molar-refractivity contribution in [1.82, 2.24) is 0 Å². The molecule has 0 aromatic heterocycles. The first-order chi connectivity index (χ1) is 12.0. The summed E-state index contributed by atoms with van der Waals surface area (Å²) in [5, 5.41) is 0. The summed E-state index contributed by atoms with van der Waals surface area (Å²) >= 11 is 0. The molecule has 12 nitrogen and oxygen atoms in total. The molecule has 0 rings (SSSR count). The van der Waals surface area contributed by atoms with E-state index in [1.54, 1.807) is 0 Å². The predicted molar refractivity (Wildman–Crippen MR) is 55.6 cm³/mol. The smallest absolute Gasteiger partial charge is 0.545 e. The second-order valence-corrected chi connectivity index (χ2v) is 0. The molecule has 0 N–H and O–H groups in total. The topological polar surface area (TPSA) is 230 Å². The van der Waals surface area contributed by atoms with Crippen LogP contribution < -0.4 is 0 Å². The maximum absolute atomic E-state index is 7.75. The minimum Gasteiger partial charge on any atom is -0.545 e. The van der Waals surface area contributed by atoms with Crippen molar-refractivity contribution in [1.29, 1.82) is 0 Å². The fourth-order valence-corrected chi connectivity index (χ4v) is 0. The van der Waals surface area contributed by atoms with Gasteiger partial charge in [0.05, 0.1) is 0 Å². The number of rotatable bonds is 0. The van der Waals surface area contributed by atoms with Crippen LogP contribution in [0.25, 0.3) is 0 Å². The molecule has 0 fully saturated rings. The molecule has 0 aliphatic heterocycles. The summed E-state index contributed by atoms with van der Waals surface area (Å²) in [6, 6.07) is 0. The van der Waals surface area contributed by atoms with Crippen LogP contribution in [-0.4, -0.2) is 20.4 Å². The van der Waals surface area contributed by atoms with Crippen LogP contribution in [0.4, 0.5) is 0 Å². The molecule has 0 bridgehead atoms. The molecule has 0 amide bonds. The first kappa shape index (κ1) is 152. The SMILES string of the molecule is [C-]#[O+].[C-]#[O+].[C-]#[O+].[C-]#[O+].[C-]#[O+].[C-]#[O+].[C-]#[O+].[C-]#[O+].[C-]#[O+].[CH-]=O.[CH-]=O.[CH-]=O.[Co].[Co].[Rh+2].[Rh]. The zero-order valence-corrected chi connectivity index (χ0v) is 17.8. The van der Waals surface area contributed by atoms with Gasteiger partial charge in [-0.1, -0.05) is 0 Å². The van der Waals surface area contributed by atoms with Crippen molar-refractivity contribution < 1.29 is 129 Å². The Morgan fingerprint density at radius 2 is 0.321 bits per heavy atom. The molecule has 28 heavy (non-hydrogen) atoms. The monoisotopic (exact) mass is 663 g/mol. The first-order valence-electron chi connectivity index (χ1n) is 2.54. The van der Waals surface area contributed by atoms with Gasteiger partial charge in [-0.25, -0.2) is 0 Å². The minimum atomic E-state index is 0. The van der Waals surface area contributed by atoms with Crippen LogP contribution in [0.2, 0.25) is 0 Å². The molecule has 16 heteroatoms. The van der Waals surface area contributed by atoms with E-state index >= 15 is 0 Å². The Labute approximate surface area is 208 Å². The van der Waals surface area contributed by atoms with E-state index in [1.807, 2.05) is 0 Å². The maximum Gasteiger partial charge on any atom is 2.00 e. The third kappa shape index (κ3) is 12500. The summed E-state index contributed by atoms with van der Waals surface area (Å²) in [5.74, 6) is 0. The Kier molecular flexibility index (Phi) is 76200. The standard InChI is InChI=1S/3CHO.9CO.2Co.2Rh/c12*1-2;;;;/h3*1H;;;;;;;;;;;;;/q3*-1;;;;;;;;;;;;;+2. The van der Waals surface area contributed by atoms with Crippen molar-refractivity contribution in [3.63, 3.8) is 0 Å². The predicted octanol–water partition coefficient (Wildman–Crippen LogP) is -1.17. The summed E-state index contributed by atoms with van der Waals surface area (Å²) in [4.78, 5) is 23.2. The second kappa shape index (κ2) is 14100. The molecule has 0 saturated heterocycles. The minimum absolute atomic E-state index is 0. The van der Waals surface area contributed by atoms with Crippen LogP contribution >= 0.6 is 0 Å². The summed E-state index contributed by atoms with van der Waals surface area (Å²) < 4.78 is 67.5. The van der Waals surface area contributed by atoms with Crippen LogP contribution in [-0.2, 0) is 129 Å². The van der Waals surface area contributed by atoms with Gasteiger partial charge in [0.15, 0.2) is 0 Å². The molecule has 0 aromatic carbocycles. The van der Waals surface area contributed by atoms with Crippen molar-refractivity contribution in [3.8, 4) is 0 Å². The number of carbonyl (C=O) groups excluding carboxylic acids is 3. The van der Waals surface area contributed by atoms with E-state index in [0.29, 0.717) is 0 Å². The van der Waals surface area contributed by atoms with Gasteiger partial charge in [0.2, 0.25) is 0 Å². The van der Waals surface area contributed by atoms with Gasteiger partial charge in [-0.3, -0.25) is 20.4 Å². The van der Waals surface area contributed by atoms with Crippen molar-refractivity contribution in [2.45, 2.75) is 0 Å². The van der Waals surface area contributed by atoms with E-state index in [9.17, 15) is 0 Å². The number of hydrogen-bond donors (Lipinski definition) is 0. The molecule has 0 aliphatic carbocycles. The first-order valence-corrected chi connectivity index (χ1v) is 2.54. The quantitative estimate of drug-likeness (QED) is 0.135. The van der Waals surface area contributed by atoms with Crippen molar-refractivity contribution >= 4 is 20.4 Å². The van der Waals surface area contributed by atoms with Gasteiger partial charge in [-0.2, -0.15) is 0 Å². The molecule has 0 heterocycles. The van der Waals surface area contributed by atoms with Crippen LogP contribution in [0.5, 0.6) is 0 Å². The van der Waals surface area contributed by atoms with Crippen LogP contribution in [0.1, 0.15) is 0 Å². The Bertz CT molecular complexity index is 206. The zero-order valence-electron chi connectivity index (χ0n) is 12.5. The second-order valence-electron chi connectivity index (χ2n) is 0. The van der Waals surface area contributed by atoms with Gasteiger partial charge in [0.25, 0.3) is 0 Å².